The lowest BCUT2D eigenvalue weighted by Gasteiger charge is -2.31. The van der Waals surface area contributed by atoms with Gasteiger partial charge in [-0.15, -0.1) is 0 Å². The van der Waals surface area contributed by atoms with Gasteiger partial charge in [0.2, 0.25) is 5.91 Å². The Bertz CT molecular complexity index is 325. The van der Waals surface area contributed by atoms with Crippen LogP contribution in [-0.2, 0) is 19.1 Å². The predicted molar refractivity (Wildman–Crippen MR) is 70.4 cm³/mol. The number of nitrogens with zero attached hydrogens (tertiary/aromatic N) is 1. The van der Waals surface area contributed by atoms with E-state index in [0.29, 0.717) is 32.0 Å². The first kappa shape index (κ1) is 15.9. The zero-order valence-corrected chi connectivity index (χ0v) is 12.0. The molecular weight excluding hydrogens is 248 g/mol. The number of hydrogen-bond acceptors (Lipinski definition) is 5. The highest BCUT2D eigenvalue weighted by molar-refractivity contribution is 5.87. The molecule has 1 aliphatic rings. The molecule has 0 saturated carbocycles. The second-order valence-corrected chi connectivity index (χ2v) is 5.43. The van der Waals surface area contributed by atoms with Gasteiger partial charge in [0.05, 0.1) is 20.1 Å². The Hall–Kier alpha value is -1.14. The second kappa shape index (κ2) is 6.86. The van der Waals surface area contributed by atoms with Crippen molar-refractivity contribution in [1.29, 1.82) is 0 Å². The molecule has 1 rings (SSSR count). The van der Waals surface area contributed by atoms with Crippen LogP contribution in [0.15, 0.2) is 0 Å². The largest absolute Gasteiger partial charge is 0.469 e. The van der Waals surface area contributed by atoms with Gasteiger partial charge in [-0.3, -0.25) is 9.59 Å². The normalized spacial score (nSPS) is 22.6. The third kappa shape index (κ3) is 4.47. The minimum atomic E-state index is -0.939. The van der Waals surface area contributed by atoms with Crippen molar-refractivity contribution in [2.45, 2.75) is 32.2 Å². The monoisotopic (exact) mass is 272 g/mol. The smallest absolute Gasteiger partial charge is 0.307 e. The molecule has 0 aliphatic carbocycles. The molecular formula is C13H24N2O4. The SMILES string of the molecule is COC(=O)CCN(CC(C)C)C(=O)C1(N)CCOC1. The maximum atomic E-state index is 12.5. The van der Waals surface area contributed by atoms with E-state index in [2.05, 4.69) is 4.74 Å². The van der Waals surface area contributed by atoms with Gasteiger partial charge in [-0.1, -0.05) is 13.8 Å². The van der Waals surface area contributed by atoms with Crippen LogP contribution in [0.25, 0.3) is 0 Å². The fraction of sp³-hybridized carbons (Fsp3) is 0.846. The molecule has 1 heterocycles. The molecule has 110 valence electrons. The van der Waals surface area contributed by atoms with Crippen LogP contribution in [0.3, 0.4) is 0 Å². The van der Waals surface area contributed by atoms with E-state index in [9.17, 15) is 9.59 Å². The summed E-state index contributed by atoms with van der Waals surface area (Å²) in [6.45, 7) is 5.71. The Labute approximate surface area is 114 Å². The first-order chi connectivity index (χ1) is 8.89. The van der Waals surface area contributed by atoms with Crippen LogP contribution in [0, 0.1) is 5.92 Å². The van der Waals surface area contributed by atoms with Crippen molar-refractivity contribution in [3.8, 4) is 0 Å². The van der Waals surface area contributed by atoms with Crippen LogP contribution >= 0.6 is 0 Å². The summed E-state index contributed by atoms with van der Waals surface area (Å²) in [5.41, 5.74) is 5.15. The summed E-state index contributed by atoms with van der Waals surface area (Å²) in [4.78, 5) is 25.3. The van der Waals surface area contributed by atoms with Gasteiger partial charge in [0, 0.05) is 19.7 Å². The van der Waals surface area contributed by atoms with Crippen molar-refractivity contribution in [3.63, 3.8) is 0 Å². The van der Waals surface area contributed by atoms with Crippen LogP contribution in [-0.4, -0.2) is 55.7 Å². The molecule has 19 heavy (non-hydrogen) atoms. The molecule has 0 radical (unpaired) electrons. The van der Waals surface area contributed by atoms with E-state index in [1.807, 2.05) is 13.8 Å². The van der Waals surface area contributed by atoms with E-state index in [1.165, 1.54) is 7.11 Å². The highest BCUT2D eigenvalue weighted by Crippen LogP contribution is 2.19. The van der Waals surface area contributed by atoms with Crippen LogP contribution < -0.4 is 5.73 Å². The van der Waals surface area contributed by atoms with Crippen molar-refractivity contribution in [2.75, 3.05) is 33.4 Å². The molecule has 0 spiro atoms. The van der Waals surface area contributed by atoms with Crippen molar-refractivity contribution in [3.05, 3.63) is 0 Å². The molecule has 1 fully saturated rings. The highest BCUT2D eigenvalue weighted by Gasteiger charge is 2.41. The van der Waals surface area contributed by atoms with Gasteiger partial charge in [-0.05, 0) is 12.3 Å². The molecule has 6 nitrogen and oxygen atoms in total. The number of hydrogen-bond donors (Lipinski definition) is 1. The van der Waals surface area contributed by atoms with Crippen molar-refractivity contribution < 1.29 is 19.1 Å². The number of methoxy groups -OCH3 is 1. The summed E-state index contributed by atoms with van der Waals surface area (Å²) in [5.74, 6) is -0.148. The van der Waals surface area contributed by atoms with E-state index in [1.54, 1.807) is 4.90 Å². The topological polar surface area (TPSA) is 81.9 Å². The lowest BCUT2D eigenvalue weighted by atomic mass is 9.97. The fourth-order valence-corrected chi connectivity index (χ4v) is 2.11. The molecule has 1 saturated heterocycles. The zero-order valence-electron chi connectivity index (χ0n) is 12.0. The van der Waals surface area contributed by atoms with Crippen LogP contribution in [0.2, 0.25) is 0 Å². The summed E-state index contributed by atoms with van der Waals surface area (Å²) < 4.78 is 9.82. The Balaban J connectivity index is 2.66. The predicted octanol–water partition coefficient (Wildman–Crippen LogP) is 0.152. The summed E-state index contributed by atoms with van der Waals surface area (Å²) in [5, 5.41) is 0. The standard InChI is InChI=1S/C13H24N2O4/c1-10(2)8-15(6-4-11(16)18-3)12(17)13(14)5-7-19-9-13/h10H,4-9,14H2,1-3H3. The van der Waals surface area contributed by atoms with Gasteiger partial charge in [0.25, 0.3) is 0 Å². The lowest BCUT2D eigenvalue weighted by Crippen LogP contribution is -2.56. The Morgan fingerprint density at radius 2 is 2.16 bits per heavy atom. The third-order valence-electron chi connectivity index (χ3n) is 3.16. The molecule has 1 atom stereocenters. The van der Waals surface area contributed by atoms with Crippen molar-refractivity contribution in [2.24, 2.45) is 11.7 Å². The molecule has 0 aromatic heterocycles. The molecule has 6 heteroatoms. The summed E-state index contributed by atoms with van der Waals surface area (Å²) >= 11 is 0. The van der Waals surface area contributed by atoms with E-state index in [-0.39, 0.29) is 24.9 Å². The number of amides is 1. The van der Waals surface area contributed by atoms with Crippen LogP contribution in [0.1, 0.15) is 26.7 Å². The number of carbonyl (C=O) groups excluding carboxylic acids is 2. The minimum Gasteiger partial charge on any atom is -0.469 e. The van der Waals surface area contributed by atoms with E-state index >= 15 is 0 Å². The maximum Gasteiger partial charge on any atom is 0.307 e. The molecule has 1 aliphatic heterocycles. The molecule has 1 unspecified atom stereocenters. The molecule has 2 N–H and O–H groups in total. The molecule has 0 aromatic carbocycles. The first-order valence-electron chi connectivity index (χ1n) is 6.62. The number of ether oxygens (including phenoxy) is 2. The highest BCUT2D eigenvalue weighted by atomic mass is 16.5. The van der Waals surface area contributed by atoms with Gasteiger partial charge in [-0.25, -0.2) is 0 Å². The van der Waals surface area contributed by atoms with E-state index in [0.717, 1.165) is 0 Å². The van der Waals surface area contributed by atoms with Crippen molar-refractivity contribution >= 4 is 11.9 Å². The molecule has 0 bridgehead atoms. The number of rotatable bonds is 6. The average molecular weight is 272 g/mol. The van der Waals surface area contributed by atoms with Gasteiger partial charge in [0.1, 0.15) is 5.54 Å². The van der Waals surface area contributed by atoms with Gasteiger partial charge in [0.15, 0.2) is 0 Å². The quantitative estimate of drug-likeness (QED) is 0.696. The van der Waals surface area contributed by atoms with Crippen molar-refractivity contribution in [1.82, 2.24) is 4.90 Å². The fourth-order valence-electron chi connectivity index (χ4n) is 2.11. The zero-order chi connectivity index (χ0) is 14.5. The second-order valence-electron chi connectivity index (χ2n) is 5.43. The van der Waals surface area contributed by atoms with Crippen LogP contribution in [0.5, 0.6) is 0 Å². The number of esters is 1. The summed E-state index contributed by atoms with van der Waals surface area (Å²) in [6.07, 6.45) is 0.713. The van der Waals surface area contributed by atoms with Gasteiger partial charge >= 0.3 is 5.97 Å². The minimum absolute atomic E-state index is 0.136. The maximum absolute atomic E-state index is 12.5. The van der Waals surface area contributed by atoms with E-state index in [4.69, 9.17) is 10.5 Å². The van der Waals surface area contributed by atoms with Crippen LogP contribution in [0.4, 0.5) is 0 Å². The lowest BCUT2D eigenvalue weighted by molar-refractivity contribution is -0.143. The average Bonchev–Trinajstić information content (AvgIpc) is 2.80. The molecule has 0 aromatic rings. The Morgan fingerprint density at radius 1 is 1.47 bits per heavy atom. The Kier molecular flexibility index (Phi) is 5.75. The molecule has 1 amide bonds. The Morgan fingerprint density at radius 3 is 2.63 bits per heavy atom. The number of carbonyl (C=O) groups is 2. The first-order valence-corrected chi connectivity index (χ1v) is 6.62. The summed E-state index contributed by atoms with van der Waals surface area (Å²) in [6, 6.07) is 0. The van der Waals surface area contributed by atoms with E-state index < -0.39 is 5.54 Å². The summed E-state index contributed by atoms with van der Waals surface area (Å²) in [7, 11) is 1.34. The van der Waals surface area contributed by atoms with Gasteiger partial charge in [-0.2, -0.15) is 0 Å². The van der Waals surface area contributed by atoms with Gasteiger partial charge < -0.3 is 20.1 Å². The third-order valence-corrected chi connectivity index (χ3v) is 3.16. The number of nitrogens with two attached hydrogens (primary N) is 1.